The molecule has 1 atom stereocenters. The van der Waals surface area contributed by atoms with Gasteiger partial charge in [0.15, 0.2) is 5.82 Å². The molecule has 1 unspecified atom stereocenters. The van der Waals surface area contributed by atoms with Gasteiger partial charge in [0, 0.05) is 44.0 Å². The Hall–Kier alpha value is -2.19. The van der Waals surface area contributed by atoms with Crippen molar-refractivity contribution in [3.63, 3.8) is 0 Å². The second-order valence-electron chi connectivity index (χ2n) is 7.99. The van der Waals surface area contributed by atoms with Gasteiger partial charge in [-0.25, -0.2) is 4.68 Å². The van der Waals surface area contributed by atoms with Crippen LogP contribution in [-0.2, 0) is 11.3 Å². The Balaban J connectivity index is 0.00000289. The van der Waals surface area contributed by atoms with E-state index in [9.17, 15) is 0 Å². The van der Waals surface area contributed by atoms with E-state index in [-0.39, 0.29) is 18.4 Å². The van der Waals surface area contributed by atoms with Crippen LogP contribution in [0.1, 0.15) is 28.6 Å². The second-order valence-corrected chi connectivity index (χ2v) is 8.40. The highest BCUT2D eigenvalue weighted by atomic mass is 35.5. The summed E-state index contributed by atoms with van der Waals surface area (Å²) in [6.07, 6.45) is 0. The predicted molar refractivity (Wildman–Crippen MR) is 130 cm³/mol. The SMILES string of the molecule is COCCn1nnnc1C(c1ccccc1Cl)N1CCN(c2cc(C)ccc2C)CC1.Cl. The third-order valence-electron chi connectivity index (χ3n) is 5.90. The minimum atomic E-state index is -0.110. The maximum absolute atomic E-state index is 6.63. The minimum Gasteiger partial charge on any atom is -0.383 e. The molecule has 1 aliphatic rings. The van der Waals surface area contributed by atoms with Crippen molar-refractivity contribution in [2.24, 2.45) is 0 Å². The van der Waals surface area contributed by atoms with Gasteiger partial charge in [-0.1, -0.05) is 41.9 Å². The number of methoxy groups -OCH3 is 1. The number of nitrogens with zero attached hydrogens (tertiary/aromatic N) is 6. The molecule has 1 aromatic heterocycles. The minimum absolute atomic E-state index is 0. The summed E-state index contributed by atoms with van der Waals surface area (Å²) in [5.74, 6) is 0.797. The number of anilines is 1. The molecular formula is C23H30Cl2N6O. The van der Waals surface area contributed by atoms with Crippen LogP contribution in [0.2, 0.25) is 5.02 Å². The fourth-order valence-electron chi connectivity index (χ4n) is 4.22. The zero-order valence-electron chi connectivity index (χ0n) is 18.7. The number of ether oxygens (including phenoxy) is 1. The van der Waals surface area contributed by atoms with Crippen LogP contribution in [0.5, 0.6) is 0 Å². The Morgan fingerprint density at radius 1 is 1.06 bits per heavy atom. The zero-order chi connectivity index (χ0) is 21.8. The third-order valence-corrected chi connectivity index (χ3v) is 6.24. The van der Waals surface area contributed by atoms with Crippen molar-refractivity contribution in [2.75, 3.05) is 44.8 Å². The highest BCUT2D eigenvalue weighted by molar-refractivity contribution is 6.31. The molecule has 2 aromatic carbocycles. The topological polar surface area (TPSA) is 59.3 Å². The zero-order valence-corrected chi connectivity index (χ0v) is 20.3. The van der Waals surface area contributed by atoms with Gasteiger partial charge < -0.3 is 9.64 Å². The molecule has 0 saturated carbocycles. The number of halogens is 2. The van der Waals surface area contributed by atoms with Gasteiger partial charge in [0.25, 0.3) is 0 Å². The third kappa shape index (κ3) is 5.23. The van der Waals surface area contributed by atoms with Crippen LogP contribution in [0.3, 0.4) is 0 Å². The van der Waals surface area contributed by atoms with Gasteiger partial charge in [0.05, 0.1) is 19.2 Å². The van der Waals surface area contributed by atoms with E-state index in [1.807, 2.05) is 22.9 Å². The number of piperazine rings is 1. The van der Waals surface area contributed by atoms with E-state index in [0.29, 0.717) is 13.2 Å². The number of aromatic nitrogens is 4. The first kappa shape index (κ1) is 24.5. The van der Waals surface area contributed by atoms with E-state index in [4.69, 9.17) is 16.3 Å². The maximum Gasteiger partial charge on any atom is 0.173 e. The summed E-state index contributed by atoms with van der Waals surface area (Å²) in [7, 11) is 1.68. The van der Waals surface area contributed by atoms with Crippen LogP contribution in [-0.4, -0.2) is 65.0 Å². The lowest BCUT2D eigenvalue weighted by Crippen LogP contribution is -2.48. The number of hydrogen-bond donors (Lipinski definition) is 0. The van der Waals surface area contributed by atoms with Crippen molar-refractivity contribution in [3.8, 4) is 0 Å². The summed E-state index contributed by atoms with van der Waals surface area (Å²) >= 11 is 6.63. The van der Waals surface area contributed by atoms with E-state index in [1.165, 1.54) is 16.8 Å². The van der Waals surface area contributed by atoms with E-state index in [1.54, 1.807) is 7.11 Å². The highest BCUT2D eigenvalue weighted by Gasteiger charge is 2.32. The molecular weight excluding hydrogens is 447 g/mol. The molecule has 0 radical (unpaired) electrons. The molecule has 1 fully saturated rings. The highest BCUT2D eigenvalue weighted by Crippen LogP contribution is 2.33. The Morgan fingerprint density at radius 2 is 1.81 bits per heavy atom. The van der Waals surface area contributed by atoms with Gasteiger partial charge in [-0.2, -0.15) is 0 Å². The molecule has 4 rings (SSSR count). The molecule has 0 aliphatic carbocycles. The van der Waals surface area contributed by atoms with Crippen LogP contribution in [0.15, 0.2) is 42.5 Å². The van der Waals surface area contributed by atoms with Crippen molar-refractivity contribution in [3.05, 3.63) is 70.0 Å². The van der Waals surface area contributed by atoms with Gasteiger partial charge >= 0.3 is 0 Å². The largest absolute Gasteiger partial charge is 0.383 e. The molecule has 2 heterocycles. The standard InChI is InChI=1S/C23H29ClN6O.ClH/c1-17-8-9-18(2)21(16-17)28-10-12-29(13-11-28)22(19-6-4-5-7-20(19)24)23-25-26-27-30(23)14-15-31-3;/h4-9,16,22H,10-15H2,1-3H3;1H. The van der Waals surface area contributed by atoms with E-state index in [2.05, 4.69) is 63.4 Å². The Labute approximate surface area is 200 Å². The van der Waals surface area contributed by atoms with Crippen LogP contribution in [0.25, 0.3) is 0 Å². The monoisotopic (exact) mass is 476 g/mol. The fourth-order valence-corrected chi connectivity index (χ4v) is 4.46. The van der Waals surface area contributed by atoms with Crippen molar-refractivity contribution >= 4 is 29.7 Å². The second kappa shape index (κ2) is 11.1. The number of tetrazole rings is 1. The molecule has 1 aliphatic heterocycles. The molecule has 0 N–H and O–H groups in total. The summed E-state index contributed by atoms with van der Waals surface area (Å²) in [5, 5.41) is 13.3. The summed E-state index contributed by atoms with van der Waals surface area (Å²) in [4.78, 5) is 4.90. The average molecular weight is 477 g/mol. The van der Waals surface area contributed by atoms with Crippen molar-refractivity contribution in [1.29, 1.82) is 0 Å². The molecule has 1 saturated heterocycles. The molecule has 9 heteroatoms. The average Bonchev–Trinajstić information content (AvgIpc) is 3.24. The van der Waals surface area contributed by atoms with Crippen molar-refractivity contribution < 1.29 is 4.74 Å². The molecule has 0 bridgehead atoms. The first-order valence-electron chi connectivity index (χ1n) is 10.6. The van der Waals surface area contributed by atoms with Crippen LogP contribution in [0.4, 0.5) is 5.69 Å². The summed E-state index contributed by atoms with van der Waals surface area (Å²) in [6, 6.07) is 14.5. The van der Waals surface area contributed by atoms with Crippen molar-refractivity contribution in [2.45, 2.75) is 26.4 Å². The Kier molecular flexibility index (Phi) is 8.48. The summed E-state index contributed by atoms with van der Waals surface area (Å²) < 4.78 is 7.07. The number of benzene rings is 2. The Morgan fingerprint density at radius 3 is 2.53 bits per heavy atom. The van der Waals surface area contributed by atoms with Crippen LogP contribution >= 0.6 is 24.0 Å². The lowest BCUT2D eigenvalue weighted by atomic mass is 10.0. The van der Waals surface area contributed by atoms with Crippen LogP contribution < -0.4 is 4.90 Å². The maximum atomic E-state index is 6.63. The van der Waals surface area contributed by atoms with Crippen molar-refractivity contribution in [1.82, 2.24) is 25.1 Å². The quantitative estimate of drug-likeness (QED) is 0.514. The van der Waals surface area contributed by atoms with Gasteiger partial charge in [-0.15, -0.1) is 17.5 Å². The number of aryl methyl sites for hydroxylation is 2. The molecule has 0 spiro atoms. The van der Waals surface area contributed by atoms with E-state index in [0.717, 1.165) is 42.6 Å². The lowest BCUT2D eigenvalue weighted by molar-refractivity contribution is 0.172. The molecule has 172 valence electrons. The van der Waals surface area contributed by atoms with Crippen LogP contribution in [0, 0.1) is 13.8 Å². The first-order valence-corrected chi connectivity index (χ1v) is 11.0. The Bertz CT molecular complexity index is 1020. The smallest absolute Gasteiger partial charge is 0.173 e. The fraction of sp³-hybridized carbons (Fsp3) is 0.435. The van der Waals surface area contributed by atoms with Gasteiger partial charge in [-0.3, -0.25) is 4.90 Å². The van der Waals surface area contributed by atoms with E-state index >= 15 is 0 Å². The summed E-state index contributed by atoms with van der Waals surface area (Å²) in [5.41, 5.74) is 4.94. The number of rotatable bonds is 7. The first-order chi connectivity index (χ1) is 15.1. The van der Waals surface area contributed by atoms with E-state index < -0.39 is 0 Å². The van der Waals surface area contributed by atoms with Gasteiger partial charge in [-0.05, 0) is 53.1 Å². The molecule has 32 heavy (non-hydrogen) atoms. The lowest BCUT2D eigenvalue weighted by Gasteiger charge is -2.40. The molecule has 0 amide bonds. The predicted octanol–water partition coefficient (Wildman–Crippen LogP) is 3.92. The normalized spacial score (nSPS) is 15.4. The van der Waals surface area contributed by atoms with Gasteiger partial charge in [0.1, 0.15) is 0 Å². The van der Waals surface area contributed by atoms with Gasteiger partial charge in [0.2, 0.25) is 0 Å². The number of hydrogen-bond acceptors (Lipinski definition) is 6. The molecule has 7 nitrogen and oxygen atoms in total. The molecule has 3 aromatic rings. The summed E-state index contributed by atoms with van der Waals surface area (Å²) in [6.45, 7) is 9.12.